The molecule has 154 valence electrons. The molecular weight excluding hydrogens is 374 g/mol. The number of primary amides is 1. The molecular formula is C20H25N5O4. The van der Waals surface area contributed by atoms with E-state index in [0.29, 0.717) is 25.9 Å². The van der Waals surface area contributed by atoms with Gasteiger partial charge in [-0.2, -0.15) is 0 Å². The summed E-state index contributed by atoms with van der Waals surface area (Å²) in [5.41, 5.74) is 10.8. The average Bonchev–Trinajstić information content (AvgIpc) is 2.71. The molecule has 1 aliphatic rings. The van der Waals surface area contributed by atoms with Gasteiger partial charge in [0.15, 0.2) is 5.78 Å². The van der Waals surface area contributed by atoms with E-state index in [1.165, 1.54) is 11.6 Å². The van der Waals surface area contributed by atoms with E-state index in [4.69, 9.17) is 11.5 Å². The average molecular weight is 399 g/mol. The van der Waals surface area contributed by atoms with Crippen LogP contribution in [0.15, 0.2) is 39.9 Å². The maximum Gasteiger partial charge on any atom is 0.332 e. The van der Waals surface area contributed by atoms with Crippen LogP contribution in [0.4, 0.5) is 5.82 Å². The number of carbonyl (C=O) groups is 2. The number of ketones is 1. The van der Waals surface area contributed by atoms with Crippen LogP contribution in [0.2, 0.25) is 0 Å². The molecule has 0 radical (unpaired) electrons. The number of piperidine rings is 1. The number of anilines is 1. The van der Waals surface area contributed by atoms with Crippen molar-refractivity contribution in [1.29, 1.82) is 0 Å². The summed E-state index contributed by atoms with van der Waals surface area (Å²) in [7, 11) is 1.33. The van der Waals surface area contributed by atoms with Crippen LogP contribution >= 0.6 is 0 Å². The minimum absolute atomic E-state index is 0.00549. The van der Waals surface area contributed by atoms with Crippen LogP contribution in [0, 0.1) is 5.92 Å². The Morgan fingerprint density at radius 1 is 1.10 bits per heavy atom. The Bertz CT molecular complexity index is 1030. The van der Waals surface area contributed by atoms with Crippen LogP contribution in [0.3, 0.4) is 0 Å². The zero-order valence-corrected chi connectivity index (χ0v) is 16.3. The Hall–Kier alpha value is -3.20. The van der Waals surface area contributed by atoms with Gasteiger partial charge in [-0.3, -0.25) is 28.4 Å². The summed E-state index contributed by atoms with van der Waals surface area (Å²) in [5, 5.41) is 0. The minimum atomic E-state index is -0.700. The highest BCUT2D eigenvalue weighted by Gasteiger charge is 2.27. The summed E-state index contributed by atoms with van der Waals surface area (Å²) in [6, 6.07) is 9.19. The third-order valence-electron chi connectivity index (χ3n) is 5.40. The lowest BCUT2D eigenvalue weighted by atomic mass is 9.96. The van der Waals surface area contributed by atoms with Gasteiger partial charge in [-0.05, 0) is 31.5 Å². The van der Waals surface area contributed by atoms with Crippen molar-refractivity contribution in [3.8, 4) is 0 Å². The standard InChI is InChI=1S/C20H25N5O4/c1-23-19(28)16(15(26)12-24-9-7-14(8-10-24)18(22)27)17(21)25(20(23)29)11-13-5-3-2-4-6-13/h2-6,14H,7-12,21H2,1H3,(H2,22,27). The fourth-order valence-electron chi connectivity index (χ4n) is 3.62. The molecule has 1 aliphatic heterocycles. The van der Waals surface area contributed by atoms with Crippen LogP contribution < -0.4 is 22.7 Å². The molecule has 29 heavy (non-hydrogen) atoms. The molecule has 0 aliphatic carbocycles. The first kappa shape index (κ1) is 20.5. The van der Waals surface area contributed by atoms with Gasteiger partial charge in [0.1, 0.15) is 11.4 Å². The number of hydrogen-bond acceptors (Lipinski definition) is 6. The van der Waals surface area contributed by atoms with Gasteiger partial charge in [0.05, 0.1) is 13.1 Å². The number of likely N-dealkylation sites (tertiary alicyclic amines) is 1. The van der Waals surface area contributed by atoms with Crippen molar-refractivity contribution in [3.05, 3.63) is 62.3 Å². The zero-order chi connectivity index (χ0) is 21.1. The molecule has 9 heteroatoms. The molecule has 1 saturated heterocycles. The lowest BCUT2D eigenvalue weighted by Gasteiger charge is -2.29. The first-order valence-electron chi connectivity index (χ1n) is 9.47. The fourth-order valence-corrected chi connectivity index (χ4v) is 3.62. The van der Waals surface area contributed by atoms with Crippen LogP contribution in [-0.2, 0) is 18.4 Å². The molecule has 1 aromatic heterocycles. The molecule has 0 atom stereocenters. The maximum atomic E-state index is 12.9. The largest absolute Gasteiger partial charge is 0.384 e. The molecule has 1 amide bonds. The van der Waals surface area contributed by atoms with Crippen LogP contribution in [0.1, 0.15) is 28.8 Å². The smallest absolute Gasteiger partial charge is 0.332 e. The molecule has 9 nitrogen and oxygen atoms in total. The molecule has 2 heterocycles. The van der Waals surface area contributed by atoms with Gasteiger partial charge < -0.3 is 11.5 Å². The van der Waals surface area contributed by atoms with Crippen molar-refractivity contribution in [2.45, 2.75) is 19.4 Å². The van der Waals surface area contributed by atoms with Crippen molar-refractivity contribution in [2.24, 2.45) is 18.7 Å². The summed E-state index contributed by atoms with van der Waals surface area (Å²) in [4.78, 5) is 51.2. The lowest BCUT2D eigenvalue weighted by Crippen LogP contribution is -2.45. The Balaban J connectivity index is 1.87. The topological polar surface area (TPSA) is 133 Å². The van der Waals surface area contributed by atoms with E-state index in [9.17, 15) is 19.2 Å². The van der Waals surface area contributed by atoms with Crippen molar-refractivity contribution < 1.29 is 9.59 Å². The predicted octanol–water partition coefficient (Wildman–Crippen LogP) is -0.442. The Morgan fingerprint density at radius 2 is 1.72 bits per heavy atom. The number of benzene rings is 1. The first-order chi connectivity index (χ1) is 13.8. The molecule has 0 spiro atoms. The van der Waals surface area contributed by atoms with Crippen molar-refractivity contribution >= 4 is 17.5 Å². The Labute approximate surface area is 167 Å². The number of nitrogen functional groups attached to an aromatic ring is 1. The van der Waals surface area contributed by atoms with E-state index < -0.39 is 17.0 Å². The van der Waals surface area contributed by atoms with Gasteiger partial charge in [-0.15, -0.1) is 0 Å². The highest BCUT2D eigenvalue weighted by atomic mass is 16.2. The third kappa shape index (κ3) is 4.29. The van der Waals surface area contributed by atoms with Gasteiger partial charge >= 0.3 is 5.69 Å². The minimum Gasteiger partial charge on any atom is -0.384 e. The summed E-state index contributed by atoms with van der Waals surface area (Å²) >= 11 is 0. The number of hydrogen-bond donors (Lipinski definition) is 2. The van der Waals surface area contributed by atoms with E-state index in [0.717, 1.165) is 10.1 Å². The lowest BCUT2D eigenvalue weighted by molar-refractivity contribution is -0.123. The number of amides is 1. The van der Waals surface area contributed by atoms with E-state index in [1.54, 1.807) is 0 Å². The molecule has 1 fully saturated rings. The van der Waals surface area contributed by atoms with Gasteiger partial charge in [0.25, 0.3) is 5.56 Å². The molecule has 4 N–H and O–H groups in total. The molecule has 0 saturated carbocycles. The second-order valence-corrected chi connectivity index (χ2v) is 7.35. The van der Waals surface area contributed by atoms with Crippen LogP contribution in [-0.4, -0.2) is 45.4 Å². The van der Waals surface area contributed by atoms with E-state index in [-0.39, 0.29) is 36.3 Å². The van der Waals surface area contributed by atoms with Gasteiger partial charge in [-0.25, -0.2) is 4.79 Å². The van der Waals surface area contributed by atoms with Crippen LogP contribution in [0.5, 0.6) is 0 Å². The normalized spacial score (nSPS) is 15.3. The number of nitrogens with zero attached hydrogens (tertiary/aromatic N) is 3. The monoisotopic (exact) mass is 399 g/mol. The number of rotatable bonds is 6. The van der Waals surface area contributed by atoms with E-state index >= 15 is 0 Å². The second kappa shape index (κ2) is 8.44. The maximum absolute atomic E-state index is 12.9. The second-order valence-electron chi connectivity index (χ2n) is 7.35. The fraction of sp³-hybridized carbons (Fsp3) is 0.400. The van der Waals surface area contributed by atoms with Crippen molar-refractivity contribution in [1.82, 2.24) is 14.0 Å². The first-order valence-corrected chi connectivity index (χ1v) is 9.47. The van der Waals surface area contributed by atoms with E-state index in [1.807, 2.05) is 35.2 Å². The van der Waals surface area contributed by atoms with Gasteiger partial charge in [0.2, 0.25) is 5.91 Å². The highest BCUT2D eigenvalue weighted by molar-refractivity contribution is 6.01. The van der Waals surface area contributed by atoms with Gasteiger partial charge in [0, 0.05) is 13.0 Å². The van der Waals surface area contributed by atoms with Crippen LogP contribution in [0.25, 0.3) is 0 Å². The van der Waals surface area contributed by atoms with E-state index in [2.05, 4.69) is 0 Å². The number of nitrogens with two attached hydrogens (primary N) is 2. The van der Waals surface area contributed by atoms with Crippen molar-refractivity contribution in [2.75, 3.05) is 25.4 Å². The van der Waals surface area contributed by atoms with Gasteiger partial charge in [-0.1, -0.05) is 30.3 Å². The summed E-state index contributed by atoms with van der Waals surface area (Å²) in [6.07, 6.45) is 1.15. The Morgan fingerprint density at radius 3 is 2.31 bits per heavy atom. The molecule has 0 unspecified atom stereocenters. The molecule has 0 bridgehead atoms. The third-order valence-corrected chi connectivity index (χ3v) is 5.40. The predicted molar refractivity (Wildman–Crippen MR) is 109 cm³/mol. The summed E-state index contributed by atoms with van der Waals surface area (Å²) in [6.45, 7) is 1.21. The SMILES string of the molecule is Cn1c(=O)c(C(=O)CN2CCC(C(N)=O)CC2)c(N)n(Cc2ccccc2)c1=O. The number of Topliss-reactive ketones (excluding diaryl/α,β-unsaturated/α-hetero) is 1. The van der Waals surface area contributed by atoms with Crippen molar-refractivity contribution in [3.63, 3.8) is 0 Å². The Kier molecular flexibility index (Phi) is 5.97. The molecule has 3 rings (SSSR count). The zero-order valence-electron chi connectivity index (χ0n) is 16.3. The molecule has 1 aromatic carbocycles. The number of carbonyl (C=O) groups excluding carboxylic acids is 2. The highest BCUT2D eigenvalue weighted by Crippen LogP contribution is 2.17. The summed E-state index contributed by atoms with van der Waals surface area (Å²) < 4.78 is 2.15. The summed E-state index contributed by atoms with van der Waals surface area (Å²) in [5.74, 6) is -1.09. The molecule has 2 aromatic rings. The number of aromatic nitrogens is 2. The quantitative estimate of drug-likeness (QED) is 0.633.